The van der Waals surface area contributed by atoms with E-state index in [2.05, 4.69) is 12.2 Å². The second-order valence-electron chi connectivity index (χ2n) is 4.04. The summed E-state index contributed by atoms with van der Waals surface area (Å²) in [6, 6.07) is 0.0942. The maximum Gasteiger partial charge on any atom is 0.233 e. The molecule has 102 valence electrons. The van der Waals surface area contributed by atoms with Crippen molar-refractivity contribution in [3.8, 4) is 0 Å². The Morgan fingerprint density at radius 2 is 2.18 bits per heavy atom. The lowest BCUT2D eigenvalue weighted by Gasteiger charge is -2.19. The van der Waals surface area contributed by atoms with Gasteiger partial charge in [0.1, 0.15) is 0 Å². The Morgan fingerprint density at radius 3 is 2.71 bits per heavy atom. The molecular formula is C12H25NO2S2. The number of carbonyl (C=O) groups excluding carboxylic acids is 1. The van der Waals surface area contributed by atoms with Crippen LogP contribution in [-0.2, 0) is 4.79 Å². The molecule has 0 unspecified atom stereocenters. The van der Waals surface area contributed by atoms with Gasteiger partial charge in [0.25, 0.3) is 0 Å². The first kappa shape index (κ1) is 17.1. The molecule has 2 N–H and O–H groups in total. The van der Waals surface area contributed by atoms with Crippen LogP contribution in [0.25, 0.3) is 0 Å². The van der Waals surface area contributed by atoms with E-state index in [1.165, 1.54) is 6.42 Å². The number of hydrogen-bond donors (Lipinski definition) is 2. The Bertz CT molecular complexity index is 197. The Labute approximate surface area is 114 Å². The van der Waals surface area contributed by atoms with Gasteiger partial charge >= 0.3 is 0 Å². The maximum absolute atomic E-state index is 11.9. The van der Waals surface area contributed by atoms with Gasteiger partial charge in [0.15, 0.2) is 0 Å². The van der Waals surface area contributed by atoms with Gasteiger partial charge in [0.05, 0.1) is 5.25 Å². The summed E-state index contributed by atoms with van der Waals surface area (Å²) in [7, 11) is 0. The summed E-state index contributed by atoms with van der Waals surface area (Å²) in [6.45, 7) is 4.23. The number of nitrogens with one attached hydrogen (secondary N) is 1. The average molecular weight is 279 g/mol. The Balaban J connectivity index is 3.92. The number of carbonyl (C=O) groups is 1. The Morgan fingerprint density at radius 1 is 1.47 bits per heavy atom. The quantitative estimate of drug-likeness (QED) is 0.602. The van der Waals surface area contributed by atoms with Crippen LogP contribution in [0, 0.1) is 0 Å². The molecule has 0 radical (unpaired) electrons. The monoisotopic (exact) mass is 279 g/mol. The molecule has 0 aromatic heterocycles. The van der Waals surface area contributed by atoms with Gasteiger partial charge in [-0.05, 0) is 31.8 Å². The van der Waals surface area contributed by atoms with Gasteiger partial charge in [0, 0.05) is 18.4 Å². The molecule has 0 heterocycles. The van der Waals surface area contributed by atoms with Crippen LogP contribution in [0.1, 0.15) is 33.1 Å². The molecule has 0 aliphatic heterocycles. The van der Waals surface area contributed by atoms with Crippen LogP contribution >= 0.6 is 23.5 Å². The summed E-state index contributed by atoms with van der Waals surface area (Å²) in [6.07, 6.45) is 4.98. The summed E-state index contributed by atoms with van der Waals surface area (Å²) in [4.78, 5) is 11.9. The standard InChI is InChI=1S/C12H25NO2S2/c1-4-5-8-17-10(2)12(15)13-11(6-7-14)9-16-3/h10-11,14H,4-9H2,1-3H3,(H,13,15)/t10-,11-/m0/s1. The molecule has 0 rings (SSSR count). The average Bonchev–Trinajstić information content (AvgIpc) is 2.29. The summed E-state index contributed by atoms with van der Waals surface area (Å²) in [5.41, 5.74) is 0. The third-order valence-electron chi connectivity index (χ3n) is 2.43. The number of thioether (sulfide) groups is 2. The van der Waals surface area contributed by atoms with Gasteiger partial charge in [-0.3, -0.25) is 4.79 Å². The highest BCUT2D eigenvalue weighted by Crippen LogP contribution is 2.13. The minimum atomic E-state index is 0.00426. The summed E-state index contributed by atoms with van der Waals surface area (Å²) in [5, 5.41) is 11.9. The summed E-state index contributed by atoms with van der Waals surface area (Å²) >= 11 is 3.40. The summed E-state index contributed by atoms with van der Waals surface area (Å²) < 4.78 is 0. The molecule has 0 aromatic rings. The van der Waals surface area contributed by atoms with Crippen molar-refractivity contribution in [2.75, 3.05) is 24.4 Å². The Hall–Kier alpha value is 0.130. The number of aliphatic hydroxyl groups excluding tert-OH is 1. The zero-order chi connectivity index (χ0) is 13.1. The van der Waals surface area contributed by atoms with Gasteiger partial charge in [-0.2, -0.15) is 11.8 Å². The van der Waals surface area contributed by atoms with Crippen LogP contribution in [0.15, 0.2) is 0 Å². The molecule has 0 saturated heterocycles. The van der Waals surface area contributed by atoms with Crippen molar-refractivity contribution in [2.45, 2.75) is 44.4 Å². The van der Waals surface area contributed by atoms with E-state index < -0.39 is 0 Å². The first-order valence-corrected chi connectivity index (χ1v) is 8.61. The van der Waals surface area contributed by atoms with Crippen molar-refractivity contribution in [3.05, 3.63) is 0 Å². The normalized spacial score (nSPS) is 14.4. The predicted molar refractivity (Wildman–Crippen MR) is 78.8 cm³/mol. The fourth-order valence-corrected chi connectivity index (χ4v) is 3.03. The van der Waals surface area contributed by atoms with Crippen LogP contribution in [0.5, 0.6) is 0 Å². The largest absolute Gasteiger partial charge is 0.396 e. The maximum atomic E-state index is 11.9. The highest BCUT2D eigenvalue weighted by molar-refractivity contribution is 8.00. The third kappa shape index (κ3) is 8.80. The minimum Gasteiger partial charge on any atom is -0.396 e. The van der Waals surface area contributed by atoms with E-state index in [1.54, 1.807) is 23.5 Å². The third-order valence-corrected chi connectivity index (χ3v) is 4.40. The Kier molecular flexibility index (Phi) is 11.3. The van der Waals surface area contributed by atoms with Crippen LogP contribution < -0.4 is 5.32 Å². The minimum absolute atomic E-state index is 0.00426. The molecule has 0 aliphatic carbocycles. The van der Waals surface area contributed by atoms with Gasteiger partial charge in [-0.25, -0.2) is 0 Å². The smallest absolute Gasteiger partial charge is 0.233 e. The van der Waals surface area contributed by atoms with E-state index >= 15 is 0 Å². The summed E-state index contributed by atoms with van der Waals surface area (Å²) in [5.74, 6) is 2.00. The molecule has 5 heteroatoms. The number of amides is 1. The fraction of sp³-hybridized carbons (Fsp3) is 0.917. The van der Waals surface area contributed by atoms with Crippen LogP contribution in [0.4, 0.5) is 0 Å². The molecule has 0 spiro atoms. The molecule has 0 fully saturated rings. The topological polar surface area (TPSA) is 49.3 Å². The van der Waals surface area contributed by atoms with Crippen LogP contribution in [0.2, 0.25) is 0 Å². The van der Waals surface area contributed by atoms with Crippen molar-refractivity contribution in [1.29, 1.82) is 0 Å². The number of unbranched alkanes of at least 4 members (excludes halogenated alkanes) is 1. The molecule has 0 aliphatic rings. The van der Waals surface area contributed by atoms with Crippen molar-refractivity contribution in [1.82, 2.24) is 5.32 Å². The molecule has 0 bridgehead atoms. The van der Waals surface area contributed by atoms with Crippen molar-refractivity contribution < 1.29 is 9.90 Å². The zero-order valence-electron chi connectivity index (χ0n) is 11.1. The van der Waals surface area contributed by atoms with E-state index in [4.69, 9.17) is 5.11 Å². The first-order chi connectivity index (χ1) is 8.15. The van der Waals surface area contributed by atoms with E-state index in [1.807, 2.05) is 13.2 Å². The molecule has 2 atom stereocenters. The van der Waals surface area contributed by atoms with Crippen molar-refractivity contribution in [2.24, 2.45) is 0 Å². The lowest BCUT2D eigenvalue weighted by Crippen LogP contribution is -2.41. The number of aliphatic hydroxyl groups is 1. The van der Waals surface area contributed by atoms with Gasteiger partial charge in [-0.15, -0.1) is 11.8 Å². The van der Waals surface area contributed by atoms with Crippen LogP contribution in [0.3, 0.4) is 0 Å². The first-order valence-electron chi connectivity index (χ1n) is 6.17. The lowest BCUT2D eigenvalue weighted by atomic mass is 10.2. The van der Waals surface area contributed by atoms with Crippen molar-refractivity contribution in [3.63, 3.8) is 0 Å². The highest BCUT2D eigenvalue weighted by atomic mass is 32.2. The molecule has 0 saturated carbocycles. The number of hydrogen-bond acceptors (Lipinski definition) is 4. The molecule has 17 heavy (non-hydrogen) atoms. The SMILES string of the molecule is CCCCS[C@@H](C)C(=O)N[C@@H](CCO)CSC. The molecule has 0 aromatic carbocycles. The predicted octanol–water partition coefficient (Wildman–Crippen LogP) is 2.14. The zero-order valence-corrected chi connectivity index (χ0v) is 12.7. The van der Waals surface area contributed by atoms with E-state index in [-0.39, 0.29) is 23.8 Å². The molecular weight excluding hydrogens is 254 g/mol. The van der Waals surface area contributed by atoms with E-state index in [9.17, 15) is 4.79 Å². The van der Waals surface area contributed by atoms with Gasteiger partial charge < -0.3 is 10.4 Å². The van der Waals surface area contributed by atoms with E-state index in [0.717, 1.165) is 17.9 Å². The molecule has 3 nitrogen and oxygen atoms in total. The lowest BCUT2D eigenvalue weighted by molar-refractivity contribution is -0.120. The highest BCUT2D eigenvalue weighted by Gasteiger charge is 2.17. The van der Waals surface area contributed by atoms with E-state index in [0.29, 0.717) is 6.42 Å². The van der Waals surface area contributed by atoms with Crippen molar-refractivity contribution >= 4 is 29.4 Å². The van der Waals surface area contributed by atoms with Crippen LogP contribution in [-0.4, -0.2) is 46.7 Å². The second kappa shape index (κ2) is 11.2. The second-order valence-corrected chi connectivity index (χ2v) is 6.40. The van der Waals surface area contributed by atoms with Gasteiger partial charge in [-0.1, -0.05) is 13.3 Å². The fourth-order valence-electron chi connectivity index (χ4n) is 1.35. The van der Waals surface area contributed by atoms with Gasteiger partial charge in [0.2, 0.25) is 5.91 Å². The molecule has 1 amide bonds. The number of rotatable bonds is 10.